The molecule has 0 aliphatic rings. The Morgan fingerprint density at radius 2 is 2.18 bits per heavy atom. The summed E-state index contributed by atoms with van der Waals surface area (Å²) >= 11 is 1.73. The van der Waals surface area contributed by atoms with E-state index in [1.54, 1.807) is 11.3 Å². The number of aryl methyl sites for hydroxylation is 3. The minimum Gasteiger partial charge on any atom is -0.324 e. The highest BCUT2D eigenvalue weighted by Gasteiger charge is 2.11. The molecular weight excluding hydrogens is 230 g/mol. The SMILES string of the molecule is Cc1cc(C(N)CCc2ccsc2)c(C)nn1. The van der Waals surface area contributed by atoms with Crippen LogP contribution in [0.5, 0.6) is 0 Å². The van der Waals surface area contributed by atoms with Crippen LogP contribution in [0, 0.1) is 13.8 Å². The van der Waals surface area contributed by atoms with Gasteiger partial charge in [-0.25, -0.2) is 0 Å². The number of nitrogens with zero attached hydrogens (tertiary/aromatic N) is 2. The fourth-order valence-electron chi connectivity index (χ4n) is 1.86. The van der Waals surface area contributed by atoms with Crippen molar-refractivity contribution in [2.24, 2.45) is 5.73 Å². The predicted octanol–water partition coefficient (Wildman–Crippen LogP) is 2.79. The molecule has 3 nitrogen and oxygen atoms in total. The van der Waals surface area contributed by atoms with Crippen LogP contribution in [-0.4, -0.2) is 10.2 Å². The second-order valence-corrected chi connectivity index (χ2v) is 5.08. The van der Waals surface area contributed by atoms with Crippen LogP contribution in [0.4, 0.5) is 0 Å². The molecule has 4 heteroatoms. The molecule has 2 rings (SSSR count). The molecule has 0 spiro atoms. The summed E-state index contributed by atoms with van der Waals surface area (Å²) in [5, 5.41) is 12.4. The van der Waals surface area contributed by atoms with Crippen molar-refractivity contribution in [2.75, 3.05) is 0 Å². The van der Waals surface area contributed by atoms with Gasteiger partial charge in [0, 0.05) is 6.04 Å². The van der Waals surface area contributed by atoms with E-state index in [2.05, 4.69) is 27.0 Å². The Morgan fingerprint density at radius 1 is 1.35 bits per heavy atom. The Balaban J connectivity index is 2.04. The van der Waals surface area contributed by atoms with Gasteiger partial charge in [-0.3, -0.25) is 0 Å². The maximum absolute atomic E-state index is 6.22. The van der Waals surface area contributed by atoms with Gasteiger partial charge in [0.25, 0.3) is 0 Å². The Bertz CT molecular complexity index is 479. The highest BCUT2D eigenvalue weighted by molar-refractivity contribution is 7.07. The molecule has 2 aromatic heterocycles. The van der Waals surface area contributed by atoms with Gasteiger partial charge in [-0.1, -0.05) is 0 Å². The first-order valence-electron chi connectivity index (χ1n) is 5.74. The molecule has 0 amide bonds. The number of nitrogens with two attached hydrogens (primary N) is 1. The molecule has 0 saturated heterocycles. The van der Waals surface area contributed by atoms with Crippen molar-refractivity contribution < 1.29 is 0 Å². The first kappa shape index (κ1) is 12.2. The van der Waals surface area contributed by atoms with Gasteiger partial charge in [0.15, 0.2) is 0 Å². The van der Waals surface area contributed by atoms with Gasteiger partial charge in [0.2, 0.25) is 0 Å². The van der Waals surface area contributed by atoms with E-state index in [1.807, 2.05) is 19.9 Å². The third-order valence-electron chi connectivity index (χ3n) is 2.86. The molecule has 1 atom stereocenters. The Morgan fingerprint density at radius 3 is 2.88 bits per heavy atom. The maximum atomic E-state index is 6.22. The summed E-state index contributed by atoms with van der Waals surface area (Å²) in [5.41, 5.74) is 10.6. The molecule has 0 saturated carbocycles. The normalized spacial score (nSPS) is 12.6. The summed E-state index contributed by atoms with van der Waals surface area (Å²) in [4.78, 5) is 0. The number of thiophene rings is 1. The maximum Gasteiger partial charge on any atom is 0.0648 e. The van der Waals surface area contributed by atoms with Crippen LogP contribution < -0.4 is 5.73 Å². The largest absolute Gasteiger partial charge is 0.324 e. The van der Waals surface area contributed by atoms with E-state index < -0.39 is 0 Å². The zero-order chi connectivity index (χ0) is 12.3. The molecule has 2 heterocycles. The average molecular weight is 247 g/mol. The van der Waals surface area contributed by atoms with Crippen molar-refractivity contribution in [2.45, 2.75) is 32.7 Å². The van der Waals surface area contributed by atoms with Crippen molar-refractivity contribution in [3.63, 3.8) is 0 Å². The predicted molar refractivity (Wildman–Crippen MR) is 71.1 cm³/mol. The molecule has 2 aromatic rings. The van der Waals surface area contributed by atoms with Crippen molar-refractivity contribution in [1.82, 2.24) is 10.2 Å². The van der Waals surface area contributed by atoms with Crippen molar-refractivity contribution in [3.8, 4) is 0 Å². The zero-order valence-corrected chi connectivity index (χ0v) is 11.0. The molecule has 2 N–H and O–H groups in total. The van der Waals surface area contributed by atoms with E-state index in [4.69, 9.17) is 5.73 Å². The van der Waals surface area contributed by atoms with Crippen LogP contribution >= 0.6 is 11.3 Å². The fourth-order valence-corrected chi connectivity index (χ4v) is 2.56. The van der Waals surface area contributed by atoms with Crippen LogP contribution in [0.1, 0.15) is 35.0 Å². The van der Waals surface area contributed by atoms with Gasteiger partial charge in [0.05, 0.1) is 11.4 Å². The van der Waals surface area contributed by atoms with E-state index in [0.717, 1.165) is 29.8 Å². The lowest BCUT2D eigenvalue weighted by atomic mass is 10.00. The number of aromatic nitrogens is 2. The van der Waals surface area contributed by atoms with Crippen molar-refractivity contribution >= 4 is 11.3 Å². The quantitative estimate of drug-likeness (QED) is 0.904. The smallest absolute Gasteiger partial charge is 0.0648 e. The third kappa shape index (κ3) is 3.11. The van der Waals surface area contributed by atoms with Crippen molar-refractivity contribution in [3.05, 3.63) is 45.4 Å². The number of hydrogen-bond donors (Lipinski definition) is 1. The lowest BCUT2D eigenvalue weighted by Crippen LogP contribution is -2.14. The third-order valence-corrected chi connectivity index (χ3v) is 3.60. The Labute approximate surface area is 106 Å². The van der Waals surface area contributed by atoms with Crippen LogP contribution in [0.2, 0.25) is 0 Å². The highest BCUT2D eigenvalue weighted by Crippen LogP contribution is 2.20. The minimum atomic E-state index is 0.0455. The molecule has 0 radical (unpaired) electrons. The molecule has 17 heavy (non-hydrogen) atoms. The molecule has 0 aromatic carbocycles. The van der Waals surface area contributed by atoms with Crippen LogP contribution in [0.15, 0.2) is 22.9 Å². The van der Waals surface area contributed by atoms with Gasteiger partial charge in [-0.2, -0.15) is 21.5 Å². The lowest BCUT2D eigenvalue weighted by Gasteiger charge is -2.13. The summed E-state index contributed by atoms with van der Waals surface area (Å²) in [7, 11) is 0. The minimum absolute atomic E-state index is 0.0455. The summed E-state index contributed by atoms with van der Waals surface area (Å²) < 4.78 is 0. The van der Waals surface area contributed by atoms with E-state index >= 15 is 0 Å². The molecule has 0 bridgehead atoms. The zero-order valence-electron chi connectivity index (χ0n) is 10.2. The van der Waals surface area contributed by atoms with Crippen molar-refractivity contribution in [1.29, 1.82) is 0 Å². The van der Waals surface area contributed by atoms with Gasteiger partial charge in [0.1, 0.15) is 0 Å². The van der Waals surface area contributed by atoms with E-state index in [-0.39, 0.29) is 6.04 Å². The summed E-state index contributed by atoms with van der Waals surface area (Å²) in [6, 6.07) is 4.24. The van der Waals surface area contributed by atoms with Crippen LogP contribution in [0.25, 0.3) is 0 Å². The van der Waals surface area contributed by atoms with Gasteiger partial charge in [-0.15, -0.1) is 0 Å². The lowest BCUT2D eigenvalue weighted by molar-refractivity contribution is 0.639. The molecule has 1 unspecified atom stereocenters. The molecule has 0 fully saturated rings. The first-order valence-corrected chi connectivity index (χ1v) is 6.68. The Kier molecular flexibility index (Phi) is 3.86. The number of rotatable bonds is 4. The Hall–Kier alpha value is -1.26. The topological polar surface area (TPSA) is 51.8 Å². The second kappa shape index (κ2) is 5.38. The van der Waals surface area contributed by atoms with Crippen LogP contribution in [0.3, 0.4) is 0 Å². The van der Waals surface area contributed by atoms with E-state index in [9.17, 15) is 0 Å². The molecular formula is C13H17N3S. The van der Waals surface area contributed by atoms with E-state index in [1.165, 1.54) is 5.56 Å². The fraction of sp³-hybridized carbons (Fsp3) is 0.385. The highest BCUT2D eigenvalue weighted by atomic mass is 32.1. The van der Waals surface area contributed by atoms with Crippen LogP contribution in [-0.2, 0) is 6.42 Å². The first-order chi connectivity index (χ1) is 8.16. The second-order valence-electron chi connectivity index (χ2n) is 4.30. The summed E-state index contributed by atoms with van der Waals surface area (Å²) in [6.07, 6.45) is 1.97. The number of hydrogen-bond acceptors (Lipinski definition) is 4. The van der Waals surface area contributed by atoms with Gasteiger partial charge < -0.3 is 5.73 Å². The summed E-state index contributed by atoms with van der Waals surface area (Å²) in [5.74, 6) is 0. The summed E-state index contributed by atoms with van der Waals surface area (Å²) in [6.45, 7) is 3.91. The van der Waals surface area contributed by atoms with Gasteiger partial charge in [-0.05, 0) is 60.7 Å². The molecule has 0 aliphatic carbocycles. The molecule has 90 valence electrons. The molecule has 0 aliphatic heterocycles. The average Bonchev–Trinajstić information content (AvgIpc) is 2.82. The van der Waals surface area contributed by atoms with E-state index in [0.29, 0.717) is 0 Å². The van der Waals surface area contributed by atoms with Gasteiger partial charge >= 0.3 is 0 Å². The monoisotopic (exact) mass is 247 g/mol. The standard InChI is InChI=1S/C13H17N3S/c1-9-7-12(10(2)16-15-9)13(14)4-3-11-5-6-17-8-11/h5-8,13H,3-4,14H2,1-2H3.